The Morgan fingerprint density at radius 1 is 1.09 bits per heavy atom. The van der Waals surface area contributed by atoms with Crippen molar-refractivity contribution in [1.82, 2.24) is 0 Å². The van der Waals surface area contributed by atoms with Gasteiger partial charge in [-0.25, -0.2) is 0 Å². The van der Waals surface area contributed by atoms with Gasteiger partial charge in [0, 0.05) is 0 Å². The average Bonchev–Trinajstić information content (AvgIpc) is 1.98. The van der Waals surface area contributed by atoms with Gasteiger partial charge in [-0.2, -0.15) is 0 Å². The molecule has 0 saturated heterocycles. The Kier molecular flexibility index (Phi) is 5.62. The molecule has 0 amide bonds. The highest BCUT2D eigenvalue weighted by molar-refractivity contribution is 4.65. The van der Waals surface area contributed by atoms with Gasteiger partial charge in [-0.15, -0.1) is 0 Å². The van der Waals surface area contributed by atoms with E-state index in [0.29, 0.717) is 0 Å². The number of unbranched alkanes of at least 4 members (excludes halogenated alkanes) is 1. The first-order valence-corrected chi connectivity index (χ1v) is 4.88. The Hall–Kier alpha value is 0. The van der Waals surface area contributed by atoms with E-state index in [-0.39, 0.29) is 0 Å². The van der Waals surface area contributed by atoms with Crippen LogP contribution in [0.2, 0.25) is 0 Å². The molecule has 11 heavy (non-hydrogen) atoms. The molecule has 67 valence electrons. The van der Waals surface area contributed by atoms with Gasteiger partial charge in [0.25, 0.3) is 0 Å². The molecular weight excluding hydrogens is 132 g/mol. The fourth-order valence-corrected chi connectivity index (χ4v) is 1.39. The van der Waals surface area contributed by atoms with Crippen molar-refractivity contribution < 1.29 is 0 Å². The van der Waals surface area contributed by atoms with E-state index in [2.05, 4.69) is 34.6 Å². The van der Waals surface area contributed by atoms with Crippen LogP contribution < -0.4 is 0 Å². The number of hydrogen-bond acceptors (Lipinski definition) is 0. The summed E-state index contributed by atoms with van der Waals surface area (Å²) < 4.78 is 0. The lowest BCUT2D eigenvalue weighted by atomic mass is 9.83. The van der Waals surface area contributed by atoms with Gasteiger partial charge >= 0.3 is 0 Å². The maximum Gasteiger partial charge on any atom is -0.0394 e. The monoisotopic (exact) mass is 155 g/mol. The second-order valence-electron chi connectivity index (χ2n) is 4.08. The molecule has 0 heterocycles. The standard InChI is InChI=1S/C11H23/c1-6-7-8-10(4)11(5)9(2)3/h9-11H,1,6-8H2,2-5H3. The third-order valence-corrected chi connectivity index (χ3v) is 2.86. The minimum absolute atomic E-state index is 0.829. The lowest BCUT2D eigenvalue weighted by Crippen LogP contribution is -2.13. The van der Waals surface area contributed by atoms with Crippen molar-refractivity contribution in [3.05, 3.63) is 6.92 Å². The average molecular weight is 155 g/mol. The van der Waals surface area contributed by atoms with Crippen LogP contribution in [0.1, 0.15) is 47.0 Å². The quantitative estimate of drug-likeness (QED) is 0.564. The van der Waals surface area contributed by atoms with Crippen LogP contribution in [-0.2, 0) is 0 Å². The molecule has 0 N–H and O–H groups in total. The molecule has 0 bridgehead atoms. The molecule has 1 radical (unpaired) electrons. The van der Waals surface area contributed by atoms with Crippen molar-refractivity contribution in [1.29, 1.82) is 0 Å². The van der Waals surface area contributed by atoms with E-state index in [4.69, 9.17) is 0 Å². The zero-order valence-electron chi connectivity index (χ0n) is 8.56. The van der Waals surface area contributed by atoms with E-state index < -0.39 is 0 Å². The molecule has 2 atom stereocenters. The van der Waals surface area contributed by atoms with E-state index in [9.17, 15) is 0 Å². The second-order valence-corrected chi connectivity index (χ2v) is 4.08. The van der Waals surface area contributed by atoms with Crippen LogP contribution in [0.3, 0.4) is 0 Å². The number of hydrogen-bond donors (Lipinski definition) is 0. The molecule has 0 nitrogen and oxygen atoms in total. The highest BCUT2D eigenvalue weighted by Gasteiger charge is 2.14. The SMILES string of the molecule is [CH2]CCCC(C)C(C)C(C)C. The molecule has 0 aromatic rings. The second kappa shape index (κ2) is 5.62. The minimum atomic E-state index is 0.829. The maximum absolute atomic E-state index is 3.86. The molecule has 0 aromatic heterocycles. The molecule has 0 rings (SSSR count). The summed E-state index contributed by atoms with van der Waals surface area (Å²) in [4.78, 5) is 0. The predicted octanol–water partition coefficient (Wildman–Crippen LogP) is 3.92. The highest BCUT2D eigenvalue weighted by atomic mass is 14.2. The molecule has 0 aliphatic heterocycles. The van der Waals surface area contributed by atoms with Crippen LogP contribution in [0, 0.1) is 24.7 Å². The summed E-state index contributed by atoms with van der Waals surface area (Å²) in [5, 5.41) is 0. The van der Waals surface area contributed by atoms with Gasteiger partial charge in [0.15, 0.2) is 0 Å². The molecule has 0 aliphatic rings. The lowest BCUT2D eigenvalue weighted by Gasteiger charge is -2.22. The summed E-state index contributed by atoms with van der Waals surface area (Å²) in [6.45, 7) is 13.2. The van der Waals surface area contributed by atoms with E-state index in [1.807, 2.05) is 0 Å². The first kappa shape index (κ1) is 11.0. The van der Waals surface area contributed by atoms with Crippen molar-refractivity contribution in [2.24, 2.45) is 17.8 Å². The molecule has 0 aromatic carbocycles. The number of rotatable bonds is 5. The largest absolute Gasteiger partial charge is 0.0625 e. The normalized spacial score (nSPS) is 16.9. The van der Waals surface area contributed by atoms with E-state index in [1.165, 1.54) is 12.8 Å². The maximum atomic E-state index is 3.86. The molecule has 0 saturated carbocycles. The Morgan fingerprint density at radius 2 is 1.64 bits per heavy atom. The smallest absolute Gasteiger partial charge is 0.0394 e. The fourth-order valence-electron chi connectivity index (χ4n) is 1.39. The van der Waals surface area contributed by atoms with Crippen molar-refractivity contribution in [3.63, 3.8) is 0 Å². The minimum Gasteiger partial charge on any atom is -0.0625 e. The molecule has 0 aliphatic carbocycles. The van der Waals surface area contributed by atoms with E-state index in [1.54, 1.807) is 0 Å². The Morgan fingerprint density at radius 3 is 2.00 bits per heavy atom. The van der Waals surface area contributed by atoms with Crippen LogP contribution in [0.15, 0.2) is 0 Å². The summed E-state index contributed by atoms with van der Waals surface area (Å²) in [5.41, 5.74) is 0. The highest BCUT2D eigenvalue weighted by Crippen LogP contribution is 2.24. The zero-order chi connectivity index (χ0) is 8.85. The van der Waals surface area contributed by atoms with E-state index in [0.717, 1.165) is 24.2 Å². The third kappa shape index (κ3) is 4.44. The van der Waals surface area contributed by atoms with Gasteiger partial charge in [0.1, 0.15) is 0 Å². The van der Waals surface area contributed by atoms with Crippen molar-refractivity contribution in [2.75, 3.05) is 0 Å². The molecule has 2 unspecified atom stereocenters. The first-order valence-electron chi connectivity index (χ1n) is 4.88. The lowest BCUT2D eigenvalue weighted by molar-refractivity contribution is 0.278. The van der Waals surface area contributed by atoms with E-state index >= 15 is 0 Å². The van der Waals surface area contributed by atoms with Crippen LogP contribution >= 0.6 is 0 Å². The van der Waals surface area contributed by atoms with Gasteiger partial charge < -0.3 is 0 Å². The Balaban J connectivity index is 3.55. The molecule has 0 spiro atoms. The summed E-state index contributed by atoms with van der Waals surface area (Å²) in [7, 11) is 0. The van der Waals surface area contributed by atoms with Crippen molar-refractivity contribution in [3.8, 4) is 0 Å². The predicted molar refractivity (Wildman–Crippen MR) is 52.4 cm³/mol. The third-order valence-electron chi connectivity index (χ3n) is 2.86. The van der Waals surface area contributed by atoms with Gasteiger partial charge in [-0.05, 0) is 17.8 Å². The molecule has 0 heteroatoms. The van der Waals surface area contributed by atoms with Gasteiger partial charge in [-0.1, -0.05) is 53.9 Å². The topological polar surface area (TPSA) is 0 Å². The summed E-state index contributed by atoms with van der Waals surface area (Å²) in [6, 6.07) is 0. The van der Waals surface area contributed by atoms with Crippen LogP contribution in [-0.4, -0.2) is 0 Å². The molecule has 0 fully saturated rings. The van der Waals surface area contributed by atoms with Crippen LogP contribution in [0.5, 0.6) is 0 Å². The summed E-state index contributed by atoms with van der Waals surface area (Å²) in [6.07, 6.45) is 3.73. The Bertz CT molecular complexity index is 84.0. The molecular formula is C11H23. The van der Waals surface area contributed by atoms with Crippen molar-refractivity contribution in [2.45, 2.75) is 47.0 Å². The van der Waals surface area contributed by atoms with Crippen LogP contribution in [0.4, 0.5) is 0 Å². The summed E-state index contributed by atoms with van der Waals surface area (Å²) >= 11 is 0. The Labute approximate surface area is 72.4 Å². The van der Waals surface area contributed by atoms with Gasteiger partial charge in [0.05, 0.1) is 0 Å². The fraction of sp³-hybridized carbons (Fsp3) is 0.909. The first-order chi connectivity index (χ1) is 5.09. The zero-order valence-corrected chi connectivity index (χ0v) is 8.56. The van der Waals surface area contributed by atoms with Crippen molar-refractivity contribution >= 4 is 0 Å². The summed E-state index contributed by atoms with van der Waals surface area (Å²) in [5.74, 6) is 2.56. The van der Waals surface area contributed by atoms with Crippen LogP contribution in [0.25, 0.3) is 0 Å². The van der Waals surface area contributed by atoms with Gasteiger partial charge in [-0.3, -0.25) is 0 Å². The van der Waals surface area contributed by atoms with Gasteiger partial charge in [0.2, 0.25) is 0 Å².